The zero-order chi connectivity index (χ0) is 20.3. The molecular formula is C21H26N4O4. The Labute approximate surface area is 170 Å². The van der Waals surface area contributed by atoms with E-state index in [-0.39, 0.29) is 5.91 Å². The summed E-state index contributed by atoms with van der Waals surface area (Å²) in [4.78, 5) is 23.6. The molecule has 0 bridgehead atoms. The van der Waals surface area contributed by atoms with E-state index < -0.39 is 5.79 Å². The molecule has 4 rings (SSSR count). The second-order valence-corrected chi connectivity index (χ2v) is 7.20. The fourth-order valence-corrected chi connectivity index (χ4v) is 3.66. The van der Waals surface area contributed by atoms with Gasteiger partial charge in [0.15, 0.2) is 5.79 Å². The Balaban J connectivity index is 1.44. The van der Waals surface area contributed by atoms with Gasteiger partial charge in [0.05, 0.1) is 19.8 Å². The molecule has 8 nitrogen and oxygen atoms in total. The monoisotopic (exact) mass is 398 g/mol. The second kappa shape index (κ2) is 8.34. The number of nitrogens with one attached hydrogen (secondary N) is 1. The molecule has 2 aliphatic heterocycles. The van der Waals surface area contributed by atoms with Gasteiger partial charge in [-0.3, -0.25) is 4.79 Å². The Bertz CT molecular complexity index is 855. The van der Waals surface area contributed by atoms with Crippen molar-refractivity contribution in [1.29, 1.82) is 0 Å². The van der Waals surface area contributed by atoms with Crippen molar-refractivity contribution in [2.75, 3.05) is 38.2 Å². The maximum Gasteiger partial charge on any atom is 0.272 e. The molecule has 1 N–H and O–H groups in total. The van der Waals surface area contributed by atoms with Gasteiger partial charge in [-0.05, 0) is 44.2 Å². The van der Waals surface area contributed by atoms with Gasteiger partial charge in [-0.25, -0.2) is 9.97 Å². The molecule has 2 fully saturated rings. The van der Waals surface area contributed by atoms with Crippen molar-refractivity contribution in [2.24, 2.45) is 0 Å². The molecule has 0 saturated carbocycles. The minimum Gasteiger partial charge on any atom is -0.494 e. The number of anilines is 2. The number of likely N-dealkylation sites (tertiary alicyclic amines) is 1. The van der Waals surface area contributed by atoms with Crippen LogP contribution in [0.25, 0.3) is 0 Å². The first kappa shape index (κ1) is 19.6. The van der Waals surface area contributed by atoms with E-state index in [1.165, 1.54) is 0 Å². The Morgan fingerprint density at radius 3 is 2.52 bits per heavy atom. The highest BCUT2D eigenvalue weighted by molar-refractivity contribution is 5.92. The largest absolute Gasteiger partial charge is 0.494 e. The van der Waals surface area contributed by atoms with Gasteiger partial charge in [-0.15, -0.1) is 0 Å². The first-order valence-electron chi connectivity index (χ1n) is 10.00. The van der Waals surface area contributed by atoms with Crippen molar-refractivity contribution < 1.29 is 19.0 Å². The predicted octanol–water partition coefficient (Wildman–Crippen LogP) is 2.91. The SMILES string of the molecule is CCOc1ccc(Nc2nc(C)cc(C(=O)N3CCC4(CC3)OCCO4)n2)cc1. The van der Waals surface area contributed by atoms with E-state index in [1.807, 2.05) is 38.1 Å². The van der Waals surface area contributed by atoms with E-state index in [4.69, 9.17) is 14.2 Å². The second-order valence-electron chi connectivity index (χ2n) is 7.20. The minimum absolute atomic E-state index is 0.0990. The summed E-state index contributed by atoms with van der Waals surface area (Å²) in [6.07, 6.45) is 1.36. The molecule has 8 heteroatoms. The molecule has 0 radical (unpaired) electrons. The standard InChI is InChI=1S/C21H26N4O4/c1-3-27-17-6-4-16(5-7-17)23-20-22-15(2)14-18(24-20)19(26)25-10-8-21(9-11-25)28-12-13-29-21/h4-7,14H,3,8-13H2,1-2H3,(H,22,23,24). The number of amides is 1. The molecule has 2 saturated heterocycles. The van der Waals surface area contributed by atoms with Crippen molar-refractivity contribution in [3.05, 3.63) is 41.7 Å². The summed E-state index contributed by atoms with van der Waals surface area (Å²) in [5.74, 6) is 0.599. The topological polar surface area (TPSA) is 85.8 Å². The van der Waals surface area contributed by atoms with Crippen LogP contribution in [-0.4, -0.2) is 59.5 Å². The smallest absolute Gasteiger partial charge is 0.272 e. The molecule has 0 unspecified atom stereocenters. The Hall–Kier alpha value is -2.71. The zero-order valence-electron chi connectivity index (χ0n) is 16.8. The average Bonchev–Trinajstić information content (AvgIpc) is 3.17. The number of rotatable bonds is 5. The number of hydrogen-bond acceptors (Lipinski definition) is 7. The molecule has 0 atom stereocenters. The van der Waals surface area contributed by atoms with Gasteiger partial charge in [0.2, 0.25) is 5.95 Å². The van der Waals surface area contributed by atoms with E-state index in [1.54, 1.807) is 11.0 Å². The number of nitrogens with zero attached hydrogens (tertiary/aromatic N) is 3. The van der Waals surface area contributed by atoms with E-state index in [0.717, 1.165) is 17.1 Å². The van der Waals surface area contributed by atoms with Crippen LogP contribution in [0.2, 0.25) is 0 Å². The minimum atomic E-state index is -0.501. The van der Waals surface area contributed by atoms with Crippen LogP contribution in [0.1, 0.15) is 35.9 Å². The normalized spacial score (nSPS) is 18.1. The third-order valence-corrected chi connectivity index (χ3v) is 5.12. The van der Waals surface area contributed by atoms with Crippen LogP contribution in [0.4, 0.5) is 11.6 Å². The molecule has 3 heterocycles. The number of aryl methyl sites for hydroxylation is 1. The average molecular weight is 398 g/mol. The van der Waals surface area contributed by atoms with Crippen LogP contribution < -0.4 is 10.1 Å². The quantitative estimate of drug-likeness (QED) is 0.829. The third kappa shape index (κ3) is 4.49. The fraction of sp³-hybridized carbons (Fsp3) is 0.476. The van der Waals surface area contributed by atoms with Gasteiger partial charge >= 0.3 is 0 Å². The van der Waals surface area contributed by atoms with Crippen molar-refractivity contribution in [1.82, 2.24) is 14.9 Å². The summed E-state index contributed by atoms with van der Waals surface area (Å²) in [7, 11) is 0. The molecule has 0 aliphatic carbocycles. The number of carbonyl (C=O) groups is 1. The Morgan fingerprint density at radius 2 is 1.86 bits per heavy atom. The lowest BCUT2D eigenvalue weighted by Gasteiger charge is -2.37. The Morgan fingerprint density at radius 1 is 1.17 bits per heavy atom. The lowest BCUT2D eigenvalue weighted by molar-refractivity contribution is -0.181. The number of ether oxygens (including phenoxy) is 3. The number of piperidine rings is 1. The first-order chi connectivity index (χ1) is 14.1. The van der Waals surface area contributed by atoms with Crippen LogP contribution in [0.3, 0.4) is 0 Å². The highest BCUT2D eigenvalue weighted by Crippen LogP contribution is 2.31. The molecule has 154 valence electrons. The molecular weight excluding hydrogens is 372 g/mol. The summed E-state index contributed by atoms with van der Waals surface area (Å²) in [5, 5.41) is 3.16. The highest BCUT2D eigenvalue weighted by Gasteiger charge is 2.41. The van der Waals surface area contributed by atoms with E-state index in [9.17, 15) is 4.79 Å². The molecule has 1 aromatic heterocycles. The summed E-state index contributed by atoms with van der Waals surface area (Å²) in [6.45, 7) is 6.84. The van der Waals surface area contributed by atoms with Gasteiger partial charge in [0, 0.05) is 37.3 Å². The summed E-state index contributed by atoms with van der Waals surface area (Å²) >= 11 is 0. The Kier molecular flexibility index (Phi) is 5.64. The van der Waals surface area contributed by atoms with Crippen LogP contribution in [0.15, 0.2) is 30.3 Å². The maximum absolute atomic E-state index is 13.0. The van der Waals surface area contributed by atoms with Gasteiger partial charge in [0.1, 0.15) is 11.4 Å². The van der Waals surface area contributed by atoms with Gasteiger partial charge in [0.25, 0.3) is 5.91 Å². The fourth-order valence-electron chi connectivity index (χ4n) is 3.66. The number of carbonyl (C=O) groups excluding carboxylic acids is 1. The number of benzene rings is 1. The molecule has 29 heavy (non-hydrogen) atoms. The van der Waals surface area contributed by atoms with Gasteiger partial charge in [-0.1, -0.05) is 0 Å². The zero-order valence-corrected chi connectivity index (χ0v) is 16.8. The maximum atomic E-state index is 13.0. The van der Waals surface area contributed by atoms with Crippen molar-refractivity contribution in [3.63, 3.8) is 0 Å². The lowest BCUT2D eigenvalue weighted by atomic mass is 10.0. The molecule has 1 spiro atoms. The molecule has 2 aliphatic rings. The van der Waals surface area contributed by atoms with Crippen molar-refractivity contribution in [3.8, 4) is 5.75 Å². The third-order valence-electron chi connectivity index (χ3n) is 5.12. The number of aromatic nitrogens is 2. The summed E-state index contributed by atoms with van der Waals surface area (Å²) < 4.78 is 16.9. The van der Waals surface area contributed by atoms with Gasteiger partial charge < -0.3 is 24.4 Å². The molecule has 1 aromatic carbocycles. The first-order valence-corrected chi connectivity index (χ1v) is 10.00. The van der Waals surface area contributed by atoms with E-state index in [2.05, 4.69) is 15.3 Å². The number of hydrogen-bond donors (Lipinski definition) is 1. The van der Waals surface area contributed by atoms with Crippen LogP contribution in [-0.2, 0) is 9.47 Å². The van der Waals surface area contributed by atoms with Crippen LogP contribution in [0.5, 0.6) is 5.75 Å². The predicted molar refractivity (Wildman–Crippen MR) is 107 cm³/mol. The van der Waals surface area contributed by atoms with Crippen molar-refractivity contribution >= 4 is 17.5 Å². The molecule has 1 amide bonds. The van der Waals surface area contributed by atoms with Crippen molar-refractivity contribution in [2.45, 2.75) is 32.5 Å². The van der Waals surface area contributed by atoms with Gasteiger partial charge in [-0.2, -0.15) is 0 Å². The van der Waals surface area contributed by atoms with Crippen LogP contribution >= 0.6 is 0 Å². The van der Waals surface area contributed by atoms with E-state index >= 15 is 0 Å². The lowest BCUT2D eigenvalue weighted by Crippen LogP contribution is -2.47. The highest BCUT2D eigenvalue weighted by atomic mass is 16.7. The summed E-state index contributed by atoms with van der Waals surface area (Å²) in [5.41, 5.74) is 1.94. The molecule has 2 aromatic rings. The summed E-state index contributed by atoms with van der Waals surface area (Å²) in [6, 6.07) is 9.27. The van der Waals surface area contributed by atoms with E-state index in [0.29, 0.717) is 57.4 Å². The van der Waals surface area contributed by atoms with Crippen LogP contribution in [0, 0.1) is 6.92 Å².